The largest absolute Gasteiger partial charge is 0.396 e. The highest BCUT2D eigenvalue weighted by Gasteiger charge is 2.28. The summed E-state index contributed by atoms with van der Waals surface area (Å²) in [5.41, 5.74) is 0.748. The highest BCUT2D eigenvalue weighted by Crippen LogP contribution is 2.32. The Morgan fingerprint density at radius 1 is 1.22 bits per heavy atom. The zero-order valence-corrected chi connectivity index (χ0v) is 10.6. The molecule has 1 aromatic rings. The fraction of sp³-hybridized carbons (Fsp3) is 0.571. The number of hydrogen-bond acceptors (Lipinski definition) is 2. The second kappa shape index (κ2) is 5.76. The predicted octanol–water partition coefficient (Wildman–Crippen LogP) is 2.73. The number of aliphatic hydroxyl groups excluding tert-OH is 1. The van der Waals surface area contributed by atoms with Gasteiger partial charge in [-0.1, -0.05) is 13.0 Å². The lowest BCUT2D eigenvalue weighted by molar-refractivity contribution is 0.125. The number of rotatable bonds is 4. The Bertz CT molecular complexity index is 405. The first kappa shape index (κ1) is 13.4. The molecule has 1 heterocycles. The van der Waals surface area contributed by atoms with E-state index in [1.54, 1.807) is 6.07 Å². The van der Waals surface area contributed by atoms with Crippen LogP contribution in [0, 0.1) is 17.6 Å². The minimum absolute atomic E-state index is 0.00737. The van der Waals surface area contributed by atoms with Gasteiger partial charge in [0.25, 0.3) is 0 Å². The predicted molar refractivity (Wildman–Crippen MR) is 66.2 cm³/mol. The van der Waals surface area contributed by atoms with Gasteiger partial charge in [-0.3, -0.25) is 4.90 Å². The maximum Gasteiger partial charge on any atom is 0.159 e. The fourth-order valence-electron chi connectivity index (χ4n) is 2.72. The summed E-state index contributed by atoms with van der Waals surface area (Å²) in [5.74, 6) is -1.63. The lowest BCUT2D eigenvalue weighted by Gasteiger charge is -2.32. The van der Waals surface area contributed by atoms with E-state index in [-0.39, 0.29) is 18.6 Å². The van der Waals surface area contributed by atoms with E-state index in [4.69, 9.17) is 0 Å². The third-order valence-electron chi connectivity index (χ3n) is 3.65. The second-order valence-corrected chi connectivity index (χ2v) is 5.02. The molecule has 0 amide bonds. The number of likely N-dealkylation sites (tertiary alicyclic amines) is 1. The Morgan fingerprint density at radius 3 is 2.44 bits per heavy atom. The van der Waals surface area contributed by atoms with Crippen molar-refractivity contribution >= 4 is 0 Å². The van der Waals surface area contributed by atoms with Crippen LogP contribution in [0.1, 0.15) is 31.4 Å². The summed E-state index contributed by atoms with van der Waals surface area (Å²) < 4.78 is 26.3. The molecular weight excluding hydrogens is 236 g/mol. The Balaban J connectivity index is 2.29. The van der Waals surface area contributed by atoms with Crippen molar-refractivity contribution in [2.45, 2.75) is 25.8 Å². The summed E-state index contributed by atoms with van der Waals surface area (Å²) in [4.78, 5) is 2.24. The number of nitrogens with zero attached hydrogens (tertiary/aromatic N) is 1. The molecule has 1 aliphatic rings. The summed E-state index contributed by atoms with van der Waals surface area (Å²) in [7, 11) is 0. The Labute approximate surface area is 106 Å². The van der Waals surface area contributed by atoms with Crippen LogP contribution in [0.4, 0.5) is 8.78 Å². The van der Waals surface area contributed by atoms with Crippen molar-refractivity contribution in [2.24, 2.45) is 5.92 Å². The Kier molecular flexibility index (Phi) is 4.30. The standard InChI is InChI=1S/C14H19F2NO/c1-10(9-18)14(17-6-2-3-7-17)11-4-5-12(15)13(16)8-11/h4-5,8,10,14,18H,2-3,6-7,9H2,1H3. The van der Waals surface area contributed by atoms with Gasteiger partial charge >= 0.3 is 0 Å². The molecule has 1 aliphatic heterocycles. The van der Waals surface area contributed by atoms with Crippen LogP contribution in [0.3, 0.4) is 0 Å². The monoisotopic (exact) mass is 255 g/mol. The molecule has 2 rings (SSSR count). The highest BCUT2D eigenvalue weighted by molar-refractivity contribution is 5.22. The van der Waals surface area contributed by atoms with E-state index in [0.717, 1.165) is 37.6 Å². The average Bonchev–Trinajstić information content (AvgIpc) is 2.87. The summed E-state index contributed by atoms with van der Waals surface area (Å²) in [6.45, 7) is 3.88. The lowest BCUT2D eigenvalue weighted by atomic mass is 9.93. The third kappa shape index (κ3) is 2.70. The van der Waals surface area contributed by atoms with Gasteiger partial charge in [0.15, 0.2) is 11.6 Å². The minimum Gasteiger partial charge on any atom is -0.396 e. The molecule has 1 fully saturated rings. The molecule has 4 heteroatoms. The van der Waals surface area contributed by atoms with Crippen LogP contribution in [-0.2, 0) is 0 Å². The van der Waals surface area contributed by atoms with Gasteiger partial charge in [-0.2, -0.15) is 0 Å². The van der Waals surface area contributed by atoms with Crippen molar-refractivity contribution in [2.75, 3.05) is 19.7 Å². The first-order valence-electron chi connectivity index (χ1n) is 6.43. The summed E-state index contributed by atoms with van der Waals surface area (Å²) in [6, 6.07) is 4.00. The van der Waals surface area contributed by atoms with Gasteiger partial charge in [0.2, 0.25) is 0 Å². The van der Waals surface area contributed by atoms with Gasteiger partial charge in [0, 0.05) is 12.6 Å². The Hall–Kier alpha value is -1.00. The molecular formula is C14H19F2NO. The quantitative estimate of drug-likeness (QED) is 0.894. The number of halogens is 2. The van der Waals surface area contributed by atoms with Crippen molar-refractivity contribution in [3.05, 3.63) is 35.4 Å². The van der Waals surface area contributed by atoms with Gasteiger partial charge in [-0.15, -0.1) is 0 Å². The summed E-state index contributed by atoms with van der Waals surface area (Å²) in [5, 5.41) is 9.36. The molecule has 0 bridgehead atoms. The second-order valence-electron chi connectivity index (χ2n) is 5.02. The van der Waals surface area contributed by atoms with E-state index in [1.165, 1.54) is 6.07 Å². The van der Waals surface area contributed by atoms with E-state index in [2.05, 4.69) is 4.90 Å². The normalized spacial score (nSPS) is 20.0. The maximum atomic E-state index is 13.3. The molecule has 2 unspecified atom stereocenters. The molecule has 2 nitrogen and oxygen atoms in total. The van der Waals surface area contributed by atoms with Gasteiger partial charge < -0.3 is 5.11 Å². The van der Waals surface area contributed by atoms with E-state index >= 15 is 0 Å². The van der Waals surface area contributed by atoms with Crippen molar-refractivity contribution in [1.82, 2.24) is 4.90 Å². The number of aliphatic hydroxyl groups is 1. The maximum absolute atomic E-state index is 13.3. The van der Waals surface area contributed by atoms with E-state index in [1.807, 2.05) is 6.92 Å². The van der Waals surface area contributed by atoms with Crippen LogP contribution in [-0.4, -0.2) is 29.7 Å². The molecule has 0 aliphatic carbocycles. The highest BCUT2D eigenvalue weighted by atomic mass is 19.2. The number of benzene rings is 1. The van der Waals surface area contributed by atoms with Crippen molar-refractivity contribution in [3.63, 3.8) is 0 Å². The molecule has 0 saturated carbocycles. The Morgan fingerprint density at radius 2 is 1.89 bits per heavy atom. The first-order chi connectivity index (χ1) is 8.63. The number of hydrogen-bond donors (Lipinski definition) is 1. The molecule has 2 atom stereocenters. The van der Waals surface area contributed by atoms with E-state index < -0.39 is 11.6 Å². The van der Waals surface area contributed by atoms with Crippen molar-refractivity contribution in [1.29, 1.82) is 0 Å². The molecule has 18 heavy (non-hydrogen) atoms. The molecule has 100 valence electrons. The van der Waals surface area contributed by atoms with Crippen LogP contribution in [0.5, 0.6) is 0 Å². The topological polar surface area (TPSA) is 23.5 Å². The minimum atomic E-state index is -0.824. The van der Waals surface area contributed by atoms with Crippen LogP contribution < -0.4 is 0 Å². The first-order valence-corrected chi connectivity index (χ1v) is 6.43. The zero-order valence-electron chi connectivity index (χ0n) is 10.6. The summed E-state index contributed by atoms with van der Waals surface area (Å²) >= 11 is 0. The third-order valence-corrected chi connectivity index (χ3v) is 3.65. The fourth-order valence-corrected chi connectivity index (χ4v) is 2.72. The molecule has 1 N–H and O–H groups in total. The van der Waals surface area contributed by atoms with Crippen LogP contribution in [0.15, 0.2) is 18.2 Å². The van der Waals surface area contributed by atoms with Gasteiger partial charge in [0.05, 0.1) is 0 Å². The van der Waals surface area contributed by atoms with Crippen LogP contribution >= 0.6 is 0 Å². The SMILES string of the molecule is CC(CO)C(c1ccc(F)c(F)c1)N1CCCC1. The lowest BCUT2D eigenvalue weighted by Crippen LogP contribution is -2.32. The van der Waals surface area contributed by atoms with E-state index in [0.29, 0.717) is 0 Å². The average molecular weight is 255 g/mol. The van der Waals surface area contributed by atoms with Crippen molar-refractivity contribution < 1.29 is 13.9 Å². The molecule has 1 aromatic carbocycles. The smallest absolute Gasteiger partial charge is 0.159 e. The molecule has 0 aromatic heterocycles. The van der Waals surface area contributed by atoms with Gasteiger partial charge in [-0.25, -0.2) is 8.78 Å². The molecule has 0 radical (unpaired) electrons. The molecule has 1 saturated heterocycles. The van der Waals surface area contributed by atoms with E-state index in [9.17, 15) is 13.9 Å². The van der Waals surface area contributed by atoms with Crippen LogP contribution in [0.25, 0.3) is 0 Å². The van der Waals surface area contributed by atoms with Gasteiger partial charge in [-0.05, 0) is 49.5 Å². The van der Waals surface area contributed by atoms with Gasteiger partial charge in [0.1, 0.15) is 0 Å². The molecule has 0 spiro atoms. The zero-order chi connectivity index (χ0) is 13.1. The summed E-state index contributed by atoms with van der Waals surface area (Å²) in [6.07, 6.45) is 2.25. The van der Waals surface area contributed by atoms with Crippen molar-refractivity contribution in [3.8, 4) is 0 Å². The van der Waals surface area contributed by atoms with Crippen LogP contribution in [0.2, 0.25) is 0 Å².